The zero-order chi connectivity index (χ0) is 13.1. The van der Waals surface area contributed by atoms with Crippen LogP contribution < -0.4 is 19.5 Å². The van der Waals surface area contributed by atoms with Crippen molar-refractivity contribution >= 4 is 0 Å². The fraction of sp³-hybridized carbons (Fsp3) is 0.600. The van der Waals surface area contributed by atoms with Gasteiger partial charge in [0, 0.05) is 12.1 Å². The Morgan fingerprint density at radius 3 is 3.00 bits per heavy atom. The third-order valence-electron chi connectivity index (χ3n) is 3.48. The lowest BCUT2D eigenvalue weighted by Gasteiger charge is -2.15. The van der Waals surface area contributed by atoms with E-state index in [0.717, 1.165) is 42.7 Å². The van der Waals surface area contributed by atoms with Gasteiger partial charge in [-0.05, 0) is 51.3 Å². The van der Waals surface area contributed by atoms with Crippen LogP contribution in [0.4, 0.5) is 0 Å². The molecule has 1 saturated carbocycles. The average Bonchev–Trinajstić information content (AvgIpc) is 3.11. The van der Waals surface area contributed by atoms with Crippen molar-refractivity contribution in [1.29, 1.82) is 0 Å². The molecule has 1 N–H and O–H groups in total. The highest BCUT2D eigenvalue weighted by molar-refractivity contribution is 5.46. The van der Waals surface area contributed by atoms with E-state index in [1.165, 1.54) is 12.8 Å². The Hall–Kier alpha value is -1.42. The molecule has 1 unspecified atom stereocenters. The number of fused-ring (bicyclic) bond motifs is 1. The molecule has 3 rings (SSSR count). The minimum Gasteiger partial charge on any atom is -0.491 e. The molecular weight excluding hydrogens is 242 g/mol. The summed E-state index contributed by atoms with van der Waals surface area (Å²) in [5.74, 6) is 2.43. The van der Waals surface area contributed by atoms with Crippen molar-refractivity contribution in [3.05, 3.63) is 18.2 Å². The van der Waals surface area contributed by atoms with Crippen LogP contribution in [0.3, 0.4) is 0 Å². The molecule has 0 bridgehead atoms. The maximum atomic E-state index is 5.90. The lowest BCUT2D eigenvalue weighted by molar-refractivity contribution is 0.173. The quantitative estimate of drug-likeness (QED) is 0.768. The molecule has 0 aromatic heterocycles. The first-order chi connectivity index (χ1) is 9.31. The Morgan fingerprint density at radius 1 is 1.32 bits per heavy atom. The van der Waals surface area contributed by atoms with Crippen molar-refractivity contribution < 1.29 is 14.2 Å². The zero-order valence-corrected chi connectivity index (χ0v) is 11.4. The van der Waals surface area contributed by atoms with E-state index in [1.807, 2.05) is 18.2 Å². The minimum atomic E-state index is 0.223. The third-order valence-corrected chi connectivity index (χ3v) is 3.48. The SMILES string of the molecule is CC(CCCNC1CC1)Oc1ccc2c(c1)OCO2. The minimum absolute atomic E-state index is 0.223. The molecule has 19 heavy (non-hydrogen) atoms. The van der Waals surface area contributed by atoms with Crippen LogP contribution in [0.5, 0.6) is 17.2 Å². The predicted octanol–water partition coefficient (Wildman–Crippen LogP) is 2.71. The van der Waals surface area contributed by atoms with E-state index in [0.29, 0.717) is 6.79 Å². The van der Waals surface area contributed by atoms with E-state index in [-0.39, 0.29) is 6.10 Å². The van der Waals surface area contributed by atoms with Gasteiger partial charge in [-0.15, -0.1) is 0 Å². The number of nitrogens with one attached hydrogen (secondary N) is 1. The molecule has 1 aromatic carbocycles. The molecule has 1 aliphatic heterocycles. The summed E-state index contributed by atoms with van der Waals surface area (Å²) >= 11 is 0. The summed E-state index contributed by atoms with van der Waals surface area (Å²) in [5.41, 5.74) is 0. The van der Waals surface area contributed by atoms with Crippen molar-refractivity contribution in [2.24, 2.45) is 0 Å². The molecule has 4 heteroatoms. The Labute approximate surface area is 114 Å². The highest BCUT2D eigenvalue weighted by Crippen LogP contribution is 2.35. The Bertz CT molecular complexity index is 431. The lowest BCUT2D eigenvalue weighted by atomic mass is 10.2. The van der Waals surface area contributed by atoms with Crippen molar-refractivity contribution in [3.8, 4) is 17.2 Å². The van der Waals surface area contributed by atoms with Crippen molar-refractivity contribution in [3.63, 3.8) is 0 Å². The van der Waals surface area contributed by atoms with Gasteiger partial charge >= 0.3 is 0 Å². The first kappa shape index (κ1) is 12.6. The first-order valence-electron chi connectivity index (χ1n) is 7.11. The zero-order valence-electron chi connectivity index (χ0n) is 11.4. The van der Waals surface area contributed by atoms with E-state index in [4.69, 9.17) is 14.2 Å². The van der Waals surface area contributed by atoms with Crippen LogP contribution in [0.25, 0.3) is 0 Å². The normalized spacial score (nSPS) is 18.4. The van der Waals surface area contributed by atoms with Crippen molar-refractivity contribution in [1.82, 2.24) is 5.32 Å². The molecule has 1 aromatic rings. The van der Waals surface area contributed by atoms with Crippen LogP contribution in [0.1, 0.15) is 32.6 Å². The van der Waals surface area contributed by atoms with Gasteiger partial charge < -0.3 is 19.5 Å². The number of rotatable bonds is 7. The van der Waals surface area contributed by atoms with E-state index >= 15 is 0 Å². The molecule has 0 saturated heterocycles. The molecule has 1 fully saturated rings. The second-order valence-electron chi connectivity index (χ2n) is 5.31. The molecule has 0 spiro atoms. The highest BCUT2D eigenvalue weighted by atomic mass is 16.7. The molecule has 2 aliphatic rings. The second kappa shape index (κ2) is 5.70. The van der Waals surface area contributed by atoms with Gasteiger partial charge in [-0.1, -0.05) is 0 Å². The molecule has 1 atom stereocenters. The van der Waals surface area contributed by atoms with E-state index in [2.05, 4.69) is 12.2 Å². The van der Waals surface area contributed by atoms with Gasteiger partial charge in [-0.25, -0.2) is 0 Å². The van der Waals surface area contributed by atoms with Gasteiger partial charge in [-0.2, -0.15) is 0 Å². The molecule has 0 amide bonds. The summed E-state index contributed by atoms with van der Waals surface area (Å²) in [5, 5.41) is 3.52. The molecule has 104 valence electrons. The summed E-state index contributed by atoms with van der Waals surface area (Å²) in [6.07, 6.45) is 5.14. The maximum absolute atomic E-state index is 5.90. The third kappa shape index (κ3) is 3.53. The van der Waals surface area contributed by atoms with Crippen LogP contribution in [0, 0.1) is 0 Å². The summed E-state index contributed by atoms with van der Waals surface area (Å²) in [7, 11) is 0. The molecule has 0 radical (unpaired) electrons. The maximum Gasteiger partial charge on any atom is 0.231 e. The van der Waals surface area contributed by atoms with E-state index < -0.39 is 0 Å². The topological polar surface area (TPSA) is 39.7 Å². The monoisotopic (exact) mass is 263 g/mol. The van der Waals surface area contributed by atoms with Crippen molar-refractivity contribution in [2.45, 2.75) is 44.8 Å². The van der Waals surface area contributed by atoms with Gasteiger partial charge in [0.2, 0.25) is 6.79 Å². The van der Waals surface area contributed by atoms with Crippen LogP contribution in [-0.4, -0.2) is 25.5 Å². The summed E-state index contributed by atoms with van der Waals surface area (Å²) in [4.78, 5) is 0. The second-order valence-corrected chi connectivity index (χ2v) is 5.31. The number of hydrogen-bond donors (Lipinski definition) is 1. The summed E-state index contributed by atoms with van der Waals surface area (Å²) < 4.78 is 16.5. The fourth-order valence-corrected chi connectivity index (χ4v) is 2.22. The van der Waals surface area contributed by atoms with Gasteiger partial charge in [0.25, 0.3) is 0 Å². The van der Waals surface area contributed by atoms with Crippen LogP contribution in [0.15, 0.2) is 18.2 Å². The van der Waals surface area contributed by atoms with E-state index in [1.54, 1.807) is 0 Å². The van der Waals surface area contributed by atoms with Crippen molar-refractivity contribution in [2.75, 3.05) is 13.3 Å². The number of ether oxygens (including phenoxy) is 3. The fourth-order valence-electron chi connectivity index (χ4n) is 2.22. The number of hydrogen-bond acceptors (Lipinski definition) is 4. The van der Waals surface area contributed by atoms with Crippen LogP contribution in [-0.2, 0) is 0 Å². The van der Waals surface area contributed by atoms with Gasteiger partial charge in [0.1, 0.15) is 5.75 Å². The van der Waals surface area contributed by atoms with Gasteiger partial charge in [0.15, 0.2) is 11.5 Å². The average molecular weight is 263 g/mol. The van der Waals surface area contributed by atoms with Gasteiger partial charge in [-0.3, -0.25) is 0 Å². The predicted molar refractivity (Wildman–Crippen MR) is 72.9 cm³/mol. The molecular formula is C15H21NO3. The largest absolute Gasteiger partial charge is 0.491 e. The lowest BCUT2D eigenvalue weighted by Crippen LogP contribution is -2.20. The molecule has 1 aliphatic carbocycles. The Morgan fingerprint density at radius 2 is 2.16 bits per heavy atom. The van der Waals surface area contributed by atoms with Crippen LogP contribution in [0.2, 0.25) is 0 Å². The first-order valence-corrected chi connectivity index (χ1v) is 7.11. The Balaban J connectivity index is 1.41. The number of benzene rings is 1. The highest BCUT2D eigenvalue weighted by Gasteiger charge is 2.19. The molecule has 1 heterocycles. The summed E-state index contributed by atoms with van der Waals surface area (Å²) in [6, 6.07) is 6.54. The van der Waals surface area contributed by atoms with E-state index in [9.17, 15) is 0 Å². The standard InChI is InChI=1S/C15H21NO3/c1-11(3-2-8-16-12-4-5-12)19-13-6-7-14-15(9-13)18-10-17-14/h6-7,9,11-12,16H,2-5,8,10H2,1H3. The van der Waals surface area contributed by atoms with Gasteiger partial charge in [0.05, 0.1) is 6.10 Å². The van der Waals surface area contributed by atoms with Crippen LogP contribution >= 0.6 is 0 Å². The summed E-state index contributed by atoms with van der Waals surface area (Å²) in [6.45, 7) is 3.52. The Kier molecular flexibility index (Phi) is 3.78. The smallest absolute Gasteiger partial charge is 0.231 e. The molecule has 4 nitrogen and oxygen atoms in total.